The van der Waals surface area contributed by atoms with Crippen LogP contribution in [0.3, 0.4) is 0 Å². The summed E-state index contributed by atoms with van der Waals surface area (Å²) in [4.78, 5) is 22.7. The third-order valence-electron chi connectivity index (χ3n) is 3.09. The molecule has 27 heavy (non-hydrogen) atoms. The zero-order valence-electron chi connectivity index (χ0n) is 14.1. The minimum absolute atomic E-state index is 0.287. The molecule has 0 fully saturated rings. The van der Waals surface area contributed by atoms with Gasteiger partial charge in [-0.1, -0.05) is 11.1 Å². The molecule has 0 unspecified atom stereocenters. The maximum Gasteiger partial charge on any atom is 0.512 e. The van der Waals surface area contributed by atoms with Crippen molar-refractivity contribution in [2.75, 3.05) is 13.2 Å². The lowest BCUT2D eigenvalue weighted by Gasteiger charge is -2.20. The van der Waals surface area contributed by atoms with Crippen LogP contribution in [0.5, 0.6) is 0 Å². The molecule has 0 saturated carbocycles. The Hall–Kier alpha value is -1.55. The Morgan fingerprint density at radius 1 is 0.852 bits per heavy atom. The fourth-order valence-electron chi connectivity index (χ4n) is 1.05. The summed E-state index contributed by atoms with van der Waals surface area (Å²) < 4.78 is 115. The molecular weight excluding hydrogens is 433 g/mol. The van der Waals surface area contributed by atoms with Gasteiger partial charge in [0, 0.05) is 0 Å². The second kappa shape index (κ2) is 8.22. The Labute approximate surface area is 151 Å². The lowest BCUT2D eigenvalue weighted by molar-refractivity contribution is -0.167. The number of hydrogen-bond donors (Lipinski definition) is 1. The molecule has 0 rings (SSSR count). The van der Waals surface area contributed by atoms with E-state index in [1.807, 2.05) is 0 Å². The van der Waals surface area contributed by atoms with Crippen molar-refractivity contribution in [3.63, 3.8) is 0 Å². The predicted molar refractivity (Wildman–Crippen MR) is 78.0 cm³/mol. The molecule has 0 radical (unpaired) electrons. The Morgan fingerprint density at radius 2 is 1.26 bits per heavy atom. The number of hydrogen-bond acceptors (Lipinski definition) is 8. The first-order valence-corrected chi connectivity index (χ1v) is 9.85. The molecule has 160 valence electrons. The van der Waals surface area contributed by atoms with E-state index < -0.39 is 61.4 Å². The van der Waals surface area contributed by atoms with Gasteiger partial charge in [0.2, 0.25) is 0 Å². The second-order valence-corrected chi connectivity index (χ2v) is 9.22. The van der Waals surface area contributed by atoms with Gasteiger partial charge in [-0.2, -0.15) is 22.0 Å². The third-order valence-corrected chi connectivity index (χ3v) is 6.29. The highest BCUT2D eigenvalue weighted by molar-refractivity contribution is 8.05. The lowest BCUT2D eigenvalue weighted by atomic mass is 9.91. The van der Waals surface area contributed by atoms with Crippen LogP contribution < -0.4 is 4.13 Å². The highest BCUT2D eigenvalue weighted by Gasteiger charge is 2.59. The Morgan fingerprint density at radius 3 is 1.63 bits per heavy atom. The lowest BCUT2D eigenvalue weighted by Crippen LogP contribution is -2.51. The summed E-state index contributed by atoms with van der Waals surface area (Å²) in [5.74, 6) is -3.64. The molecule has 0 spiro atoms. The average molecular weight is 449 g/mol. The van der Waals surface area contributed by atoms with Crippen LogP contribution in [0.25, 0.3) is 0 Å². The van der Waals surface area contributed by atoms with E-state index >= 15 is 0 Å². The monoisotopic (exact) mass is 449 g/mol. The molecule has 0 aromatic carbocycles. The molecule has 16 heteroatoms. The van der Waals surface area contributed by atoms with Crippen LogP contribution in [0.4, 0.5) is 22.0 Å². The summed E-state index contributed by atoms with van der Waals surface area (Å²) >= 11 is 0. The van der Waals surface area contributed by atoms with E-state index in [2.05, 4.69) is 9.47 Å². The van der Waals surface area contributed by atoms with Crippen LogP contribution in [0.2, 0.25) is 0 Å². The first-order chi connectivity index (χ1) is 11.8. The Bertz CT molecular complexity index is 773. The van der Waals surface area contributed by atoms with Crippen molar-refractivity contribution in [3.05, 3.63) is 0 Å². The normalized spacial score (nSPS) is 13.9. The highest BCUT2D eigenvalue weighted by Crippen LogP contribution is 2.28. The fraction of sp³-hybridized carbons (Fsp3) is 0.818. The van der Waals surface area contributed by atoms with Gasteiger partial charge < -0.3 is 9.47 Å². The first-order valence-electron chi connectivity index (χ1n) is 6.88. The van der Waals surface area contributed by atoms with E-state index in [1.54, 1.807) is 6.92 Å². The summed E-state index contributed by atoms with van der Waals surface area (Å²) in [5, 5.41) is -5.67. The number of esters is 2. The fourth-order valence-corrected chi connectivity index (χ4v) is 3.28. The number of carbonyl (C=O) groups excluding carboxylic acids is 2. The Balaban J connectivity index is 4.98. The molecule has 0 atom stereocenters. The molecule has 0 aromatic rings. The Kier molecular flexibility index (Phi) is 7.75. The van der Waals surface area contributed by atoms with E-state index in [4.69, 9.17) is 0 Å². The standard InChI is InChI=1S/C11H16F5NO8S2/c1-4-9(2,3)7(18)24-5-6-25-8(19)10(12,13)26(20,21)17-27(22,23)11(14,15)16/h17H,4-6H2,1-3H3. The maximum atomic E-state index is 13.5. The molecule has 0 aliphatic rings. The summed E-state index contributed by atoms with van der Waals surface area (Å²) in [5.41, 5.74) is -7.16. The van der Waals surface area contributed by atoms with Gasteiger partial charge in [0.25, 0.3) is 0 Å². The van der Waals surface area contributed by atoms with Gasteiger partial charge in [-0.3, -0.25) is 4.79 Å². The van der Waals surface area contributed by atoms with Gasteiger partial charge in [0.05, 0.1) is 5.41 Å². The van der Waals surface area contributed by atoms with E-state index in [9.17, 15) is 48.4 Å². The minimum Gasteiger partial charge on any atom is -0.462 e. The van der Waals surface area contributed by atoms with Crippen molar-refractivity contribution in [1.82, 2.24) is 4.13 Å². The van der Waals surface area contributed by atoms with Crippen molar-refractivity contribution in [3.8, 4) is 0 Å². The van der Waals surface area contributed by atoms with Gasteiger partial charge in [-0.15, -0.1) is 0 Å². The maximum absolute atomic E-state index is 13.5. The molecule has 0 aliphatic carbocycles. The largest absolute Gasteiger partial charge is 0.512 e. The number of nitrogens with one attached hydrogen (secondary N) is 1. The van der Waals surface area contributed by atoms with Crippen LogP contribution in [-0.2, 0) is 39.1 Å². The van der Waals surface area contributed by atoms with Crippen molar-refractivity contribution in [1.29, 1.82) is 0 Å². The molecule has 0 aliphatic heterocycles. The van der Waals surface area contributed by atoms with E-state index in [-0.39, 0.29) is 4.13 Å². The van der Waals surface area contributed by atoms with Crippen LogP contribution in [-0.4, -0.2) is 52.8 Å². The molecule has 0 heterocycles. The molecule has 9 nitrogen and oxygen atoms in total. The number of carbonyl (C=O) groups is 2. The van der Waals surface area contributed by atoms with Crippen molar-refractivity contribution < 1.29 is 57.9 Å². The van der Waals surface area contributed by atoms with Crippen LogP contribution in [0, 0.1) is 5.41 Å². The summed E-state index contributed by atoms with van der Waals surface area (Å²) in [6.07, 6.45) is 0.348. The summed E-state index contributed by atoms with van der Waals surface area (Å²) in [6, 6.07) is 0. The molecule has 0 saturated heterocycles. The van der Waals surface area contributed by atoms with E-state index in [1.165, 1.54) is 13.8 Å². The van der Waals surface area contributed by atoms with E-state index in [0.717, 1.165) is 0 Å². The quantitative estimate of drug-likeness (QED) is 0.312. The van der Waals surface area contributed by atoms with E-state index in [0.29, 0.717) is 6.42 Å². The van der Waals surface area contributed by atoms with Gasteiger partial charge in [0.1, 0.15) is 13.2 Å². The summed E-state index contributed by atoms with van der Waals surface area (Å²) in [7, 11) is -13.4. The number of halogens is 5. The molecule has 0 aromatic heterocycles. The first kappa shape index (κ1) is 25.4. The molecule has 1 N–H and O–H groups in total. The molecule has 0 bridgehead atoms. The van der Waals surface area contributed by atoms with Gasteiger partial charge in [-0.05, 0) is 20.3 Å². The van der Waals surface area contributed by atoms with Crippen LogP contribution in [0.15, 0.2) is 0 Å². The van der Waals surface area contributed by atoms with Crippen molar-refractivity contribution >= 4 is 32.0 Å². The van der Waals surface area contributed by atoms with Crippen molar-refractivity contribution in [2.24, 2.45) is 5.41 Å². The smallest absolute Gasteiger partial charge is 0.462 e. The number of rotatable bonds is 9. The molecule has 0 amide bonds. The predicted octanol–water partition coefficient (Wildman–Crippen LogP) is 0.871. The number of alkyl halides is 5. The minimum atomic E-state index is -6.72. The van der Waals surface area contributed by atoms with Gasteiger partial charge in [0.15, 0.2) is 0 Å². The zero-order chi connectivity index (χ0) is 21.9. The van der Waals surface area contributed by atoms with Gasteiger partial charge in [-0.25, -0.2) is 21.6 Å². The van der Waals surface area contributed by atoms with Crippen LogP contribution >= 0.6 is 0 Å². The van der Waals surface area contributed by atoms with Crippen molar-refractivity contribution in [2.45, 2.75) is 38.0 Å². The third kappa shape index (κ3) is 6.24. The van der Waals surface area contributed by atoms with Crippen LogP contribution in [0.1, 0.15) is 27.2 Å². The zero-order valence-corrected chi connectivity index (χ0v) is 15.7. The highest BCUT2D eigenvalue weighted by atomic mass is 32.3. The number of ether oxygens (including phenoxy) is 2. The SMILES string of the molecule is CCC(C)(C)C(=O)OCCOC(=O)C(F)(F)S(=O)(=O)NS(=O)(=O)C(F)(F)F. The summed E-state index contributed by atoms with van der Waals surface area (Å²) in [6.45, 7) is 2.83. The second-order valence-electron chi connectivity index (χ2n) is 5.56. The number of sulfonamides is 2. The average Bonchev–Trinajstić information content (AvgIpc) is 2.48. The van der Waals surface area contributed by atoms with Gasteiger partial charge >= 0.3 is 42.7 Å². The molecular formula is C11H16F5NO8S2. The topological polar surface area (TPSA) is 133 Å².